The van der Waals surface area contributed by atoms with E-state index in [1.165, 1.54) is 0 Å². The number of ketones is 1. The molecule has 0 aliphatic rings. The Bertz CT molecular complexity index is 815. The predicted octanol–water partition coefficient (Wildman–Crippen LogP) is 4.16. The van der Waals surface area contributed by atoms with Crippen LogP contribution in [0.25, 0.3) is 10.8 Å². The first-order valence-electron chi connectivity index (χ1n) is 7.01. The molecule has 0 spiro atoms. The number of fused-ring (bicyclic) bond motifs is 1. The molecule has 0 radical (unpaired) electrons. The van der Waals surface area contributed by atoms with Gasteiger partial charge in [0.1, 0.15) is 0 Å². The van der Waals surface area contributed by atoms with Crippen molar-refractivity contribution in [1.29, 1.82) is 0 Å². The molecular weight excluding hydrogens is 258 g/mol. The zero-order valence-electron chi connectivity index (χ0n) is 12.0. The molecule has 104 valence electrons. The second-order valence-corrected chi connectivity index (χ2v) is 5.31. The Hall–Kier alpha value is -2.61. The number of anilines is 1. The van der Waals surface area contributed by atoms with E-state index in [0.717, 1.165) is 21.9 Å². The van der Waals surface area contributed by atoms with Gasteiger partial charge in [0.05, 0.1) is 0 Å². The van der Waals surface area contributed by atoms with E-state index in [1.54, 1.807) is 6.07 Å². The van der Waals surface area contributed by atoms with E-state index in [-0.39, 0.29) is 5.78 Å². The zero-order valence-corrected chi connectivity index (χ0v) is 12.0. The molecule has 0 atom stereocenters. The molecule has 2 nitrogen and oxygen atoms in total. The van der Waals surface area contributed by atoms with Crippen molar-refractivity contribution in [2.45, 2.75) is 13.3 Å². The lowest BCUT2D eigenvalue weighted by Crippen LogP contribution is -2.05. The van der Waals surface area contributed by atoms with Gasteiger partial charge >= 0.3 is 0 Å². The number of benzene rings is 3. The molecular formula is C19H17NO. The molecule has 3 aromatic carbocycles. The molecule has 0 fully saturated rings. The number of nitrogen functional groups attached to an aromatic ring is 1. The zero-order chi connectivity index (χ0) is 14.8. The Kier molecular flexibility index (Phi) is 3.44. The fourth-order valence-electron chi connectivity index (χ4n) is 2.54. The van der Waals surface area contributed by atoms with Gasteiger partial charge in [0.25, 0.3) is 0 Å². The van der Waals surface area contributed by atoms with E-state index in [2.05, 4.69) is 18.2 Å². The molecule has 2 N–H and O–H groups in total. The third kappa shape index (κ3) is 2.65. The van der Waals surface area contributed by atoms with Crippen molar-refractivity contribution < 1.29 is 4.79 Å². The highest BCUT2D eigenvalue weighted by molar-refractivity contribution is 6.00. The Morgan fingerprint density at radius 3 is 2.57 bits per heavy atom. The number of Topliss-reactive ketones (excluding diaryl/α,β-unsaturated/α-hetero) is 1. The molecule has 3 aromatic rings. The van der Waals surface area contributed by atoms with Crippen molar-refractivity contribution >= 4 is 22.2 Å². The SMILES string of the molecule is Cc1ccc(C(=O)Cc2cccc3ccccc23)cc1N. The lowest BCUT2D eigenvalue weighted by molar-refractivity contribution is 0.0993. The first-order chi connectivity index (χ1) is 10.1. The molecule has 21 heavy (non-hydrogen) atoms. The lowest BCUT2D eigenvalue weighted by atomic mass is 9.97. The summed E-state index contributed by atoms with van der Waals surface area (Å²) in [4.78, 5) is 12.5. The van der Waals surface area contributed by atoms with Crippen LogP contribution in [0.5, 0.6) is 0 Å². The van der Waals surface area contributed by atoms with Crippen molar-refractivity contribution in [3.8, 4) is 0 Å². The normalized spacial score (nSPS) is 10.7. The van der Waals surface area contributed by atoms with Crippen LogP contribution in [0.1, 0.15) is 21.5 Å². The van der Waals surface area contributed by atoms with Gasteiger partial charge in [-0.2, -0.15) is 0 Å². The minimum Gasteiger partial charge on any atom is -0.398 e. The van der Waals surface area contributed by atoms with Crippen LogP contribution in [0.2, 0.25) is 0 Å². The molecule has 0 aliphatic carbocycles. The minimum absolute atomic E-state index is 0.0954. The first-order valence-corrected chi connectivity index (χ1v) is 7.01. The van der Waals surface area contributed by atoms with Crippen molar-refractivity contribution in [3.05, 3.63) is 77.4 Å². The first kappa shape index (κ1) is 13.4. The third-order valence-electron chi connectivity index (χ3n) is 3.83. The number of aryl methyl sites for hydroxylation is 1. The van der Waals surface area contributed by atoms with E-state index in [9.17, 15) is 4.79 Å². The predicted molar refractivity (Wildman–Crippen MR) is 87.6 cm³/mol. The Morgan fingerprint density at radius 2 is 1.76 bits per heavy atom. The molecule has 0 heterocycles. The van der Waals surface area contributed by atoms with Crippen LogP contribution in [0.15, 0.2) is 60.7 Å². The van der Waals surface area contributed by atoms with Crippen LogP contribution in [0, 0.1) is 6.92 Å². The van der Waals surface area contributed by atoms with Crippen molar-refractivity contribution in [1.82, 2.24) is 0 Å². The van der Waals surface area contributed by atoms with E-state index in [0.29, 0.717) is 17.7 Å². The lowest BCUT2D eigenvalue weighted by Gasteiger charge is -2.07. The summed E-state index contributed by atoms with van der Waals surface area (Å²) in [6, 6.07) is 19.7. The highest BCUT2D eigenvalue weighted by atomic mass is 16.1. The van der Waals surface area contributed by atoms with Gasteiger partial charge in [0.15, 0.2) is 5.78 Å². The molecule has 0 bridgehead atoms. The average molecular weight is 275 g/mol. The largest absolute Gasteiger partial charge is 0.398 e. The van der Waals surface area contributed by atoms with Crippen molar-refractivity contribution in [2.24, 2.45) is 0 Å². The number of carbonyl (C=O) groups excluding carboxylic acids is 1. The van der Waals surface area contributed by atoms with E-state index < -0.39 is 0 Å². The summed E-state index contributed by atoms with van der Waals surface area (Å²) in [5.41, 5.74) is 9.28. The van der Waals surface area contributed by atoms with Crippen LogP contribution in [0.4, 0.5) is 5.69 Å². The average Bonchev–Trinajstić information content (AvgIpc) is 2.50. The highest BCUT2D eigenvalue weighted by Gasteiger charge is 2.10. The maximum absolute atomic E-state index is 12.5. The van der Waals surface area contributed by atoms with Crippen LogP contribution in [-0.2, 0) is 6.42 Å². The fraction of sp³-hybridized carbons (Fsp3) is 0.105. The van der Waals surface area contributed by atoms with Gasteiger partial charge in [-0.15, -0.1) is 0 Å². The molecule has 2 heteroatoms. The summed E-state index contributed by atoms with van der Waals surface area (Å²) in [6.45, 7) is 1.94. The Balaban J connectivity index is 1.94. The summed E-state index contributed by atoms with van der Waals surface area (Å²) < 4.78 is 0. The maximum Gasteiger partial charge on any atom is 0.167 e. The second kappa shape index (κ2) is 5.41. The number of rotatable bonds is 3. The number of nitrogens with two attached hydrogens (primary N) is 1. The molecule has 0 unspecified atom stereocenters. The van der Waals surface area contributed by atoms with Crippen LogP contribution >= 0.6 is 0 Å². The quantitative estimate of drug-likeness (QED) is 0.576. The van der Waals surface area contributed by atoms with E-state index in [4.69, 9.17) is 5.73 Å². The summed E-state index contributed by atoms with van der Waals surface area (Å²) >= 11 is 0. The van der Waals surface area contributed by atoms with Gasteiger partial charge in [0, 0.05) is 17.7 Å². The number of hydrogen-bond donors (Lipinski definition) is 1. The number of hydrogen-bond acceptors (Lipinski definition) is 2. The van der Waals surface area contributed by atoms with Gasteiger partial charge in [-0.25, -0.2) is 0 Å². The molecule has 0 saturated heterocycles. The summed E-state index contributed by atoms with van der Waals surface area (Å²) in [6.07, 6.45) is 0.393. The fourth-order valence-corrected chi connectivity index (χ4v) is 2.54. The highest BCUT2D eigenvalue weighted by Crippen LogP contribution is 2.21. The van der Waals surface area contributed by atoms with Gasteiger partial charge in [-0.1, -0.05) is 54.6 Å². The van der Waals surface area contributed by atoms with Gasteiger partial charge in [-0.05, 0) is 34.9 Å². The van der Waals surface area contributed by atoms with E-state index in [1.807, 2.05) is 43.3 Å². The van der Waals surface area contributed by atoms with E-state index >= 15 is 0 Å². The van der Waals surface area contributed by atoms with Crippen molar-refractivity contribution in [3.63, 3.8) is 0 Å². The molecule has 0 saturated carbocycles. The van der Waals surface area contributed by atoms with Crippen LogP contribution < -0.4 is 5.73 Å². The maximum atomic E-state index is 12.5. The van der Waals surface area contributed by atoms with Crippen LogP contribution in [0.3, 0.4) is 0 Å². The molecule has 0 amide bonds. The van der Waals surface area contributed by atoms with Crippen molar-refractivity contribution in [2.75, 3.05) is 5.73 Å². The minimum atomic E-state index is 0.0954. The number of carbonyl (C=O) groups is 1. The summed E-state index contributed by atoms with van der Waals surface area (Å²) in [5, 5.41) is 2.29. The smallest absolute Gasteiger partial charge is 0.167 e. The molecule has 0 aromatic heterocycles. The van der Waals surface area contributed by atoms with Gasteiger partial charge < -0.3 is 5.73 Å². The summed E-state index contributed by atoms with van der Waals surface area (Å²) in [7, 11) is 0. The second-order valence-electron chi connectivity index (χ2n) is 5.31. The topological polar surface area (TPSA) is 43.1 Å². The monoisotopic (exact) mass is 275 g/mol. The van der Waals surface area contributed by atoms with Crippen LogP contribution in [-0.4, -0.2) is 5.78 Å². The molecule has 3 rings (SSSR count). The third-order valence-corrected chi connectivity index (χ3v) is 3.83. The Morgan fingerprint density at radius 1 is 1.00 bits per heavy atom. The molecule has 0 aliphatic heterocycles. The summed E-state index contributed by atoms with van der Waals surface area (Å²) in [5.74, 6) is 0.0954. The Labute approximate surface area is 124 Å². The standard InChI is InChI=1S/C19H17NO/c1-13-9-10-16(11-18(13)20)19(21)12-15-7-4-6-14-5-2-3-8-17(14)15/h2-11H,12,20H2,1H3. The van der Waals surface area contributed by atoms with Gasteiger partial charge in [0.2, 0.25) is 0 Å². The van der Waals surface area contributed by atoms with Gasteiger partial charge in [-0.3, -0.25) is 4.79 Å².